The Morgan fingerprint density at radius 1 is 1.35 bits per heavy atom. The molecule has 0 saturated heterocycles. The smallest absolute Gasteiger partial charge is 0.309 e. The SMILES string of the molecule is O=C(O)Cc1cn(CCOc2c(Cl)cccc2Cl)nn1. The second-order valence-corrected chi connectivity index (χ2v) is 4.76. The van der Waals surface area contributed by atoms with Crippen molar-refractivity contribution < 1.29 is 14.6 Å². The van der Waals surface area contributed by atoms with Crippen LogP contribution < -0.4 is 4.74 Å². The van der Waals surface area contributed by atoms with Crippen LogP contribution in [0, 0.1) is 0 Å². The van der Waals surface area contributed by atoms with Gasteiger partial charge in [0, 0.05) is 6.20 Å². The van der Waals surface area contributed by atoms with Crippen molar-refractivity contribution in [3.05, 3.63) is 40.1 Å². The van der Waals surface area contributed by atoms with E-state index in [1.165, 1.54) is 4.68 Å². The minimum atomic E-state index is -0.948. The molecule has 2 aromatic rings. The number of carboxylic acids is 1. The Bertz CT molecular complexity index is 595. The molecular weight excluding hydrogens is 305 g/mol. The quantitative estimate of drug-likeness (QED) is 0.885. The van der Waals surface area contributed by atoms with Crippen molar-refractivity contribution in [1.82, 2.24) is 15.0 Å². The van der Waals surface area contributed by atoms with Gasteiger partial charge in [0.1, 0.15) is 6.61 Å². The van der Waals surface area contributed by atoms with E-state index in [1.54, 1.807) is 24.4 Å². The first kappa shape index (κ1) is 14.6. The summed E-state index contributed by atoms with van der Waals surface area (Å²) in [5, 5.41) is 17.0. The van der Waals surface area contributed by atoms with Gasteiger partial charge in [0.25, 0.3) is 0 Å². The third kappa shape index (κ3) is 3.85. The molecule has 106 valence electrons. The lowest BCUT2D eigenvalue weighted by atomic mass is 10.3. The zero-order chi connectivity index (χ0) is 14.5. The first-order chi connectivity index (χ1) is 9.56. The summed E-state index contributed by atoms with van der Waals surface area (Å²) in [6.45, 7) is 0.702. The van der Waals surface area contributed by atoms with Crippen LogP contribution in [0.25, 0.3) is 0 Å². The largest absolute Gasteiger partial charge is 0.489 e. The third-order valence-electron chi connectivity index (χ3n) is 2.40. The maximum Gasteiger partial charge on any atom is 0.309 e. The third-order valence-corrected chi connectivity index (χ3v) is 3.00. The van der Waals surface area contributed by atoms with Crippen molar-refractivity contribution in [3.8, 4) is 5.75 Å². The Labute approximate surface area is 124 Å². The van der Waals surface area contributed by atoms with Gasteiger partial charge in [0.15, 0.2) is 5.75 Å². The lowest BCUT2D eigenvalue weighted by Gasteiger charge is -2.09. The van der Waals surface area contributed by atoms with Crippen molar-refractivity contribution in [1.29, 1.82) is 0 Å². The van der Waals surface area contributed by atoms with Crippen molar-refractivity contribution in [2.45, 2.75) is 13.0 Å². The summed E-state index contributed by atoms with van der Waals surface area (Å²) in [5.41, 5.74) is 0.397. The Balaban J connectivity index is 1.90. The molecule has 6 nitrogen and oxygen atoms in total. The van der Waals surface area contributed by atoms with Gasteiger partial charge in [-0.15, -0.1) is 5.10 Å². The number of aromatic nitrogens is 3. The molecule has 1 aromatic carbocycles. The monoisotopic (exact) mass is 315 g/mol. The standard InChI is InChI=1S/C12H11Cl2N3O3/c13-9-2-1-3-10(14)12(9)20-5-4-17-7-8(15-16-17)6-11(18)19/h1-3,7H,4-6H2,(H,18,19). The molecule has 1 N–H and O–H groups in total. The molecule has 0 radical (unpaired) electrons. The van der Waals surface area contributed by atoms with E-state index >= 15 is 0 Å². The molecule has 0 amide bonds. The Kier molecular flexibility index (Phi) is 4.81. The molecule has 8 heteroatoms. The van der Waals surface area contributed by atoms with E-state index in [4.69, 9.17) is 33.0 Å². The summed E-state index contributed by atoms with van der Waals surface area (Å²) in [4.78, 5) is 10.5. The fourth-order valence-electron chi connectivity index (χ4n) is 1.55. The topological polar surface area (TPSA) is 77.2 Å². The number of nitrogens with zero attached hydrogens (tertiary/aromatic N) is 3. The van der Waals surface area contributed by atoms with Crippen LogP contribution >= 0.6 is 23.2 Å². The fraction of sp³-hybridized carbons (Fsp3) is 0.250. The zero-order valence-corrected chi connectivity index (χ0v) is 11.8. The predicted octanol–water partition coefficient (Wildman–Crippen LogP) is 2.29. The second kappa shape index (κ2) is 6.58. The molecule has 20 heavy (non-hydrogen) atoms. The van der Waals surface area contributed by atoms with Crippen LogP contribution in [0.4, 0.5) is 0 Å². The fourth-order valence-corrected chi connectivity index (χ4v) is 2.05. The Morgan fingerprint density at radius 2 is 2.05 bits per heavy atom. The number of ether oxygens (including phenoxy) is 1. The number of carbonyl (C=O) groups is 1. The molecule has 0 aliphatic carbocycles. The molecule has 0 fully saturated rings. The maximum absolute atomic E-state index is 10.5. The number of carboxylic acid groups (broad SMARTS) is 1. The van der Waals surface area contributed by atoms with Crippen LogP contribution in [0.2, 0.25) is 10.0 Å². The van der Waals surface area contributed by atoms with Gasteiger partial charge >= 0.3 is 5.97 Å². The van der Waals surface area contributed by atoms with Crippen molar-refractivity contribution in [2.75, 3.05) is 6.61 Å². The van der Waals surface area contributed by atoms with Crippen LogP contribution in [0.5, 0.6) is 5.75 Å². The van der Waals surface area contributed by atoms with Crippen LogP contribution in [-0.2, 0) is 17.8 Å². The number of rotatable bonds is 6. The van der Waals surface area contributed by atoms with Crippen LogP contribution in [0.15, 0.2) is 24.4 Å². The molecule has 0 saturated carbocycles. The number of hydrogen-bond acceptors (Lipinski definition) is 4. The number of benzene rings is 1. The van der Waals surface area contributed by atoms with E-state index in [0.717, 1.165) is 0 Å². The van der Waals surface area contributed by atoms with E-state index in [1.807, 2.05) is 0 Å². The van der Waals surface area contributed by atoms with Crippen LogP contribution in [0.3, 0.4) is 0 Å². The molecular formula is C12H11Cl2N3O3. The number of hydrogen-bond donors (Lipinski definition) is 1. The molecule has 1 heterocycles. The normalized spacial score (nSPS) is 10.5. The summed E-state index contributed by atoms with van der Waals surface area (Å²) in [5.74, 6) is -0.530. The van der Waals surface area contributed by atoms with Gasteiger partial charge in [-0.25, -0.2) is 4.68 Å². The highest BCUT2D eigenvalue weighted by Crippen LogP contribution is 2.32. The molecule has 0 aliphatic rings. The predicted molar refractivity (Wildman–Crippen MR) is 73.3 cm³/mol. The number of halogens is 2. The van der Waals surface area contributed by atoms with E-state index in [9.17, 15) is 4.79 Å². The van der Waals surface area contributed by atoms with E-state index in [0.29, 0.717) is 34.6 Å². The van der Waals surface area contributed by atoms with Gasteiger partial charge in [-0.3, -0.25) is 4.79 Å². The maximum atomic E-state index is 10.5. The van der Waals surface area contributed by atoms with Crippen molar-refractivity contribution >= 4 is 29.2 Å². The van der Waals surface area contributed by atoms with Gasteiger partial charge in [0.05, 0.1) is 28.7 Å². The van der Waals surface area contributed by atoms with E-state index in [2.05, 4.69) is 10.3 Å². The van der Waals surface area contributed by atoms with E-state index < -0.39 is 5.97 Å². The molecule has 2 rings (SSSR count). The number of para-hydroxylation sites is 1. The zero-order valence-electron chi connectivity index (χ0n) is 10.3. The molecule has 0 atom stereocenters. The molecule has 0 spiro atoms. The lowest BCUT2D eigenvalue weighted by molar-refractivity contribution is -0.136. The minimum Gasteiger partial charge on any atom is -0.489 e. The van der Waals surface area contributed by atoms with Gasteiger partial charge < -0.3 is 9.84 Å². The Morgan fingerprint density at radius 3 is 2.70 bits per heavy atom. The highest BCUT2D eigenvalue weighted by molar-refractivity contribution is 6.37. The highest BCUT2D eigenvalue weighted by atomic mass is 35.5. The van der Waals surface area contributed by atoms with Crippen molar-refractivity contribution in [2.24, 2.45) is 0 Å². The van der Waals surface area contributed by atoms with Gasteiger partial charge in [-0.1, -0.05) is 34.5 Å². The molecule has 0 bridgehead atoms. The van der Waals surface area contributed by atoms with E-state index in [-0.39, 0.29) is 6.42 Å². The highest BCUT2D eigenvalue weighted by Gasteiger charge is 2.08. The summed E-state index contributed by atoms with van der Waals surface area (Å²) in [6, 6.07) is 5.10. The summed E-state index contributed by atoms with van der Waals surface area (Å²) in [7, 11) is 0. The van der Waals surface area contributed by atoms with Crippen LogP contribution in [-0.4, -0.2) is 32.7 Å². The summed E-state index contributed by atoms with van der Waals surface area (Å²) in [6.07, 6.45) is 1.41. The Hall–Kier alpha value is -1.79. The average Bonchev–Trinajstić information content (AvgIpc) is 2.79. The number of aliphatic carboxylic acids is 1. The van der Waals surface area contributed by atoms with Crippen LogP contribution in [0.1, 0.15) is 5.69 Å². The van der Waals surface area contributed by atoms with Crippen molar-refractivity contribution in [3.63, 3.8) is 0 Å². The first-order valence-corrected chi connectivity index (χ1v) is 6.49. The summed E-state index contributed by atoms with van der Waals surface area (Å²) < 4.78 is 7.00. The second-order valence-electron chi connectivity index (χ2n) is 3.94. The van der Waals surface area contributed by atoms with Gasteiger partial charge in [-0.2, -0.15) is 0 Å². The molecule has 0 aliphatic heterocycles. The van der Waals surface area contributed by atoms with Gasteiger partial charge in [-0.05, 0) is 12.1 Å². The molecule has 1 aromatic heterocycles. The van der Waals surface area contributed by atoms with Gasteiger partial charge in [0.2, 0.25) is 0 Å². The summed E-state index contributed by atoms with van der Waals surface area (Å²) >= 11 is 11.9. The average molecular weight is 316 g/mol. The lowest BCUT2D eigenvalue weighted by Crippen LogP contribution is -2.09. The first-order valence-electron chi connectivity index (χ1n) is 5.74. The molecule has 0 unspecified atom stereocenters. The minimum absolute atomic E-state index is 0.156.